The number of aromatic nitrogens is 2. The minimum atomic E-state index is -0.565. The summed E-state index contributed by atoms with van der Waals surface area (Å²) in [5, 5.41) is 2.62. The van der Waals surface area contributed by atoms with Crippen molar-refractivity contribution in [2.24, 2.45) is 0 Å². The standard InChI is InChI=1S/C16H14FN3O2/c17-12-6-2-1-5-11(12)15(21)18-9-10-20-14-8-4-3-7-13(14)19-16(20)22/h1-8H,9-10H2,(H,18,21)(H,19,22). The summed E-state index contributed by atoms with van der Waals surface area (Å²) in [6, 6.07) is 13.1. The van der Waals surface area contributed by atoms with E-state index in [1.807, 2.05) is 24.3 Å². The Morgan fingerprint density at radius 2 is 1.86 bits per heavy atom. The molecule has 0 fully saturated rings. The molecule has 0 unspecified atom stereocenters. The van der Waals surface area contributed by atoms with E-state index in [0.29, 0.717) is 6.54 Å². The van der Waals surface area contributed by atoms with Crippen LogP contribution in [0.2, 0.25) is 0 Å². The second-order valence-corrected chi connectivity index (χ2v) is 4.83. The Morgan fingerprint density at radius 1 is 1.14 bits per heavy atom. The molecule has 0 spiro atoms. The molecule has 22 heavy (non-hydrogen) atoms. The summed E-state index contributed by atoms with van der Waals surface area (Å²) in [5.74, 6) is -1.06. The second kappa shape index (κ2) is 5.85. The number of hydrogen-bond acceptors (Lipinski definition) is 2. The summed E-state index contributed by atoms with van der Waals surface area (Å²) in [7, 11) is 0. The molecule has 0 saturated heterocycles. The maximum absolute atomic E-state index is 13.5. The Morgan fingerprint density at radius 3 is 2.68 bits per heavy atom. The van der Waals surface area contributed by atoms with E-state index in [1.165, 1.54) is 22.8 Å². The molecule has 0 saturated carbocycles. The molecule has 112 valence electrons. The van der Waals surface area contributed by atoms with E-state index < -0.39 is 11.7 Å². The number of nitrogens with one attached hydrogen (secondary N) is 2. The smallest absolute Gasteiger partial charge is 0.326 e. The van der Waals surface area contributed by atoms with Crippen molar-refractivity contribution in [3.05, 3.63) is 70.4 Å². The van der Waals surface area contributed by atoms with E-state index in [-0.39, 0.29) is 17.8 Å². The van der Waals surface area contributed by atoms with E-state index >= 15 is 0 Å². The lowest BCUT2D eigenvalue weighted by molar-refractivity contribution is 0.0948. The van der Waals surface area contributed by atoms with E-state index in [4.69, 9.17) is 0 Å². The summed E-state index contributed by atoms with van der Waals surface area (Å²) in [5.41, 5.74) is 1.27. The number of fused-ring (bicyclic) bond motifs is 1. The molecule has 0 bridgehead atoms. The number of nitrogens with zero attached hydrogens (tertiary/aromatic N) is 1. The van der Waals surface area contributed by atoms with Gasteiger partial charge in [0.15, 0.2) is 0 Å². The molecule has 1 aromatic heterocycles. The summed E-state index contributed by atoms with van der Waals surface area (Å²) in [4.78, 5) is 26.5. The van der Waals surface area contributed by atoms with Crippen LogP contribution in [0.3, 0.4) is 0 Å². The van der Waals surface area contributed by atoms with E-state index in [9.17, 15) is 14.0 Å². The number of para-hydroxylation sites is 2. The summed E-state index contributed by atoms with van der Waals surface area (Å²) in [6.45, 7) is 0.540. The maximum Gasteiger partial charge on any atom is 0.326 e. The predicted octanol–water partition coefficient (Wildman–Crippen LogP) is 1.90. The maximum atomic E-state index is 13.5. The molecule has 3 rings (SSSR count). The average molecular weight is 299 g/mol. The molecule has 5 nitrogen and oxygen atoms in total. The third kappa shape index (κ3) is 2.63. The van der Waals surface area contributed by atoms with Crippen LogP contribution in [0.1, 0.15) is 10.4 Å². The zero-order chi connectivity index (χ0) is 15.5. The Bertz CT molecular complexity index is 882. The molecule has 6 heteroatoms. The molecule has 0 atom stereocenters. The van der Waals surface area contributed by atoms with Crippen molar-refractivity contribution >= 4 is 16.9 Å². The van der Waals surface area contributed by atoms with Gasteiger partial charge in [0.05, 0.1) is 16.6 Å². The first kappa shape index (κ1) is 14.1. The highest BCUT2D eigenvalue weighted by Gasteiger charge is 2.11. The van der Waals surface area contributed by atoms with E-state index in [0.717, 1.165) is 11.0 Å². The Hall–Kier alpha value is -2.89. The molecular formula is C16H14FN3O2. The highest BCUT2D eigenvalue weighted by Crippen LogP contribution is 2.09. The van der Waals surface area contributed by atoms with Crippen molar-refractivity contribution in [3.63, 3.8) is 0 Å². The van der Waals surface area contributed by atoms with Gasteiger partial charge in [0.25, 0.3) is 5.91 Å². The fourth-order valence-corrected chi connectivity index (χ4v) is 2.35. The number of benzene rings is 2. The molecule has 0 aliphatic rings. The number of hydrogen-bond donors (Lipinski definition) is 2. The van der Waals surface area contributed by atoms with Crippen LogP contribution in [-0.4, -0.2) is 22.0 Å². The van der Waals surface area contributed by atoms with Gasteiger partial charge in [-0.15, -0.1) is 0 Å². The van der Waals surface area contributed by atoms with Crippen LogP contribution in [0.5, 0.6) is 0 Å². The molecule has 3 aromatic rings. The van der Waals surface area contributed by atoms with Crippen molar-refractivity contribution < 1.29 is 9.18 Å². The van der Waals surface area contributed by atoms with Crippen molar-refractivity contribution in [1.82, 2.24) is 14.9 Å². The Kier molecular flexibility index (Phi) is 3.74. The van der Waals surface area contributed by atoms with Crippen LogP contribution in [0.15, 0.2) is 53.3 Å². The number of rotatable bonds is 4. The first-order chi connectivity index (χ1) is 10.7. The number of imidazole rings is 1. The fraction of sp³-hybridized carbons (Fsp3) is 0.125. The van der Waals surface area contributed by atoms with Gasteiger partial charge in [0, 0.05) is 13.1 Å². The zero-order valence-corrected chi connectivity index (χ0v) is 11.7. The quantitative estimate of drug-likeness (QED) is 0.772. The first-order valence-corrected chi connectivity index (χ1v) is 6.87. The second-order valence-electron chi connectivity index (χ2n) is 4.83. The number of H-pyrrole nitrogens is 1. The highest BCUT2D eigenvalue weighted by molar-refractivity contribution is 5.94. The van der Waals surface area contributed by atoms with Crippen LogP contribution in [0.4, 0.5) is 4.39 Å². The summed E-state index contributed by atoms with van der Waals surface area (Å²) >= 11 is 0. The summed E-state index contributed by atoms with van der Waals surface area (Å²) in [6.07, 6.45) is 0. The van der Waals surface area contributed by atoms with Crippen LogP contribution in [0.25, 0.3) is 11.0 Å². The van der Waals surface area contributed by atoms with E-state index in [2.05, 4.69) is 10.3 Å². The highest BCUT2D eigenvalue weighted by atomic mass is 19.1. The lowest BCUT2D eigenvalue weighted by Gasteiger charge is -2.07. The van der Waals surface area contributed by atoms with Gasteiger partial charge in [-0.3, -0.25) is 9.36 Å². The van der Waals surface area contributed by atoms with Crippen molar-refractivity contribution in [3.8, 4) is 0 Å². The van der Waals surface area contributed by atoms with Gasteiger partial charge in [0.1, 0.15) is 5.82 Å². The minimum absolute atomic E-state index is 0.00577. The third-order valence-electron chi connectivity index (χ3n) is 3.42. The van der Waals surface area contributed by atoms with Gasteiger partial charge in [-0.2, -0.15) is 0 Å². The van der Waals surface area contributed by atoms with Crippen molar-refractivity contribution in [2.75, 3.05) is 6.54 Å². The SMILES string of the molecule is O=C(NCCn1c(=O)[nH]c2ccccc21)c1ccccc1F. The minimum Gasteiger partial charge on any atom is -0.350 e. The molecule has 1 heterocycles. The number of carbonyl (C=O) groups is 1. The number of carbonyl (C=O) groups excluding carboxylic acids is 1. The topological polar surface area (TPSA) is 66.9 Å². The first-order valence-electron chi connectivity index (χ1n) is 6.87. The van der Waals surface area contributed by atoms with Gasteiger partial charge in [0.2, 0.25) is 0 Å². The van der Waals surface area contributed by atoms with Crippen LogP contribution in [0, 0.1) is 5.82 Å². The van der Waals surface area contributed by atoms with Crippen LogP contribution in [-0.2, 0) is 6.54 Å². The zero-order valence-electron chi connectivity index (χ0n) is 11.7. The Labute approximate surface area is 125 Å². The predicted molar refractivity (Wildman–Crippen MR) is 81.3 cm³/mol. The molecule has 1 amide bonds. The van der Waals surface area contributed by atoms with Gasteiger partial charge in [-0.1, -0.05) is 24.3 Å². The van der Waals surface area contributed by atoms with Gasteiger partial charge in [-0.25, -0.2) is 9.18 Å². The molecule has 0 aliphatic heterocycles. The summed E-state index contributed by atoms with van der Waals surface area (Å²) < 4.78 is 15.0. The van der Waals surface area contributed by atoms with Gasteiger partial charge in [-0.05, 0) is 24.3 Å². The van der Waals surface area contributed by atoms with Crippen LogP contribution >= 0.6 is 0 Å². The molecular weight excluding hydrogens is 285 g/mol. The molecule has 2 aromatic carbocycles. The molecule has 0 aliphatic carbocycles. The fourth-order valence-electron chi connectivity index (χ4n) is 2.35. The van der Waals surface area contributed by atoms with Gasteiger partial charge < -0.3 is 10.3 Å². The molecule has 2 N–H and O–H groups in total. The number of halogens is 1. The van der Waals surface area contributed by atoms with Gasteiger partial charge >= 0.3 is 5.69 Å². The normalized spacial score (nSPS) is 10.8. The van der Waals surface area contributed by atoms with Crippen molar-refractivity contribution in [2.45, 2.75) is 6.54 Å². The number of aromatic amines is 1. The lowest BCUT2D eigenvalue weighted by Crippen LogP contribution is -2.30. The lowest BCUT2D eigenvalue weighted by atomic mass is 10.2. The third-order valence-corrected chi connectivity index (χ3v) is 3.42. The monoisotopic (exact) mass is 299 g/mol. The number of amides is 1. The Balaban J connectivity index is 1.70. The average Bonchev–Trinajstić information content (AvgIpc) is 2.83. The van der Waals surface area contributed by atoms with E-state index in [1.54, 1.807) is 6.07 Å². The largest absolute Gasteiger partial charge is 0.350 e. The molecule has 0 radical (unpaired) electrons. The van der Waals surface area contributed by atoms with Crippen LogP contribution < -0.4 is 11.0 Å². The van der Waals surface area contributed by atoms with Crippen molar-refractivity contribution in [1.29, 1.82) is 0 Å².